The fourth-order valence-corrected chi connectivity index (χ4v) is 2.43. The lowest BCUT2D eigenvalue weighted by molar-refractivity contribution is -0.120. The van der Waals surface area contributed by atoms with E-state index in [4.69, 9.17) is 5.11 Å². The molecule has 0 bridgehead atoms. The van der Waals surface area contributed by atoms with Crippen LogP contribution in [0.3, 0.4) is 0 Å². The molecule has 0 spiro atoms. The van der Waals surface area contributed by atoms with Crippen molar-refractivity contribution in [2.24, 2.45) is 0 Å². The maximum atomic E-state index is 12.0. The fourth-order valence-electron chi connectivity index (χ4n) is 2.43. The van der Waals surface area contributed by atoms with Crippen molar-refractivity contribution in [3.63, 3.8) is 0 Å². The van der Waals surface area contributed by atoms with Gasteiger partial charge in [0.25, 0.3) is 0 Å². The van der Waals surface area contributed by atoms with E-state index in [1.165, 1.54) is 0 Å². The highest BCUT2D eigenvalue weighted by atomic mass is 16.4. The molecule has 2 rings (SSSR count). The Bertz CT molecular complexity index is 722. The number of amides is 1. The van der Waals surface area contributed by atoms with Crippen LogP contribution in [0.2, 0.25) is 0 Å². The van der Waals surface area contributed by atoms with Crippen molar-refractivity contribution in [1.82, 2.24) is 5.32 Å². The molecule has 2 aromatic rings. The van der Waals surface area contributed by atoms with E-state index in [2.05, 4.69) is 5.32 Å². The lowest BCUT2D eigenvalue weighted by Crippen LogP contribution is -2.27. The van der Waals surface area contributed by atoms with Crippen LogP contribution in [0, 0.1) is 13.8 Å². The van der Waals surface area contributed by atoms with Crippen LogP contribution in [-0.2, 0) is 17.6 Å². The lowest BCUT2D eigenvalue weighted by Gasteiger charge is -2.09. The van der Waals surface area contributed by atoms with Crippen LogP contribution in [0.5, 0.6) is 0 Å². The summed E-state index contributed by atoms with van der Waals surface area (Å²) in [7, 11) is 0. The van der Waals surface area contributed by atoms with Crippen LogP contribution >= 0.6 is 0 Å². The zero-order valence-corrected chi connectivity index (χ0v) is 13.4. The number of aryl methyl sites for hydroxylation is 2. The van der Waals surface area contributed by atoms with E-state index in [9.17, 15) is 9.59 Å². The summed E-state index contributed by atoms with van der Waals surface area (Å²) in [6, 6.07) is 12.9. The van der Waals surface area contributed by atoms with Gasteiger partial charge in [-0.15, -0.1) is 0 Å². The summed E-state index contributed by atoms with van der Waals surface area (Å²) in [5, 5.41) is 11.9. The maximum absolute atomic E-state index is 12.0. The molecule has 0 fully saturated rings. The first-order valence-corrected chi connectivity index (χ1v) is 7.61. The fraction of sp³-hybridized carbons (Fsp3) is 0.263. The van der Waals surface area contributed by atoms with E-state index >= 15 is 0 Å². The number of hydrogen-bond acceptors (Lipinski definition) is 2. The molecule has 120 valence electrons. The summed E-state index contributed by atoms with van der Waals surface area (Å²) in [4.78, 5) is 23.0. The summed E-state index contributed by atoms with van der Waals surface area (Å²) in [5.41, 5.74) is 4.46. The third-order valence-corrected chi connectivity index (χ3v) is 3.77. The third kappa shape index (κ3) is 4.95. The molecule has 4 nitrogen and oxygen atoms in total. The number of carboxylic acids is 1. The molecule has 4 heteroatoms. The normalized spacial score (nSPS) is 10.3. The molecule has 0 radical (unpaired) electrons. The van der Waals surface area contributed by atoms with Gasteiger partial charge in [-0.1, -0.05) is 35.9 Å². The molecule has 0 aliphatic carbocycles. The second-order valence-electron chi connectivity index (χ2n) is 5.71. The van der Waals surface area contributed by atoms with E-state index < -0.39 is 5.97 Å². The van der Waals surface area contributed by atoms with Crippen LogP contribution in [-0.4, -0.2) is 23.5 Å². The maximum Gasteiger partial charge on any atom is 0.335 e. The van der Waals surface area contributed by atoms with Crippen molar-refractivity contribution >= 4 is 11.9 Å². The molecule has 0 atom stereocenters. The molecule has 0 aliphatic heterocycles. The number of carbonyl (C=O) groups excluding carboxylic acids is 1. The summed E-state index contributed by atoms with van der Waals surface area (Å²) in [5.74, 6) is -0.959. The highest BCUT2D eigenvalue weighted by molar-refractivity contribution is 5.87. The van der Waals surface area contributed by atoms with E-state index in [0.29, 0.717) is 19.4 Å². The van der Waals surface area contributed by atoms with Gasteiger partial charge >= 0.3 is 5.97 Å². The first kappa shape index (κ1) is 16.7. The molecule has 0 aromatic heterocycles. The number of carboxylic acid groups (broad SMARTS) is 1. The van der Waals surface area contributed by atoms with E-state index in [1.807, 2.05) is 38.1 Å². The summed E-state index contributed by atoms with van der Waals surface area (Å²) in [6.07, 6.45) is 0.975. The Balaban J connectivity index is 1.86. The lowest BCUT2D eigenvalue weighted by atomic mass is 10.0. The molecule has 0 aliphatic rings. The van der Waals surface area contributed by atoms with Gasteiger partial charge in [-0.3, -0.25) is 4.79 Å². The minimum Gasteiger partial charge on any atom is -0.478 e. The van der Waals surface area contributed by atoms with Gasteiger partial charge < -0.3 is 10.4 Å². The van der Waals surface area contributed by atoms with Crippen molar-refractivity contribution in [2.75, 3.05) is 6.54 Å². The highest BCUT2D eigenvalue weighted by Crippen LogP contribution is 2.11. The van der Waals surface area contributed by atoms with Crippen LogP contribution < -0.4 is 5.32 Å². The first-order valence-electron chi connectivity index (χ1n) is 7.61. The number of rotatable bonds is 6. The average Bonchev–Trinajstić information content (AvgIpc) is 2.51. The number of benzene rings is 2. The Morgan fingerprint density at radius 2 is 1.87 bits per heavy atom. The van der Waals surface area contributed by atoms with E-state index in [1.54, 1.807) is 18.2 Å². The Labute approximate surface area is 136 Å². The van der Waals surface area contributed by atoms with Crippen molar-refractivity contribution in [2.45, 2.75) is 26.7 Å². The molecule has 0 unspecified atom stereocenters. The van der Waals surface area contributed by atoms with Crippen molar-refractivity contribution in [3.8, 4) is 0 Å². The third-order valence-electron chi connectivity index (χ3n) is 3.77. The van der Waals surface area contributed by atoms with Crippen molar-refractivity contribution < 1.29 is 14.7 Å². The van der Waals surface area contributed by atoms with Gasteiger partial charge in [-0.2, -0.15) is 0 Å². The SMILES string of the molecule is Cc1ccc(C)c(CC(=O)NCCc2cccc(C(=O)O)c2)c1. The molecule has 0 heterocycles. The van der Waals surface area contributed by atoms with Gasteiger partial charge in [0.05, 0.1) is 12.0 Å². The van der Waals surface area contributed by atoms with Gasteiger partial charge in [-0.25, -0.2) is 4.79 Å². The van der Waals surface area contributed by atoms with Gasteiger partial charge in [0.15, 0.2) is 0 Å². The van der Waals surface area contributed by atoms with E-state index in [0.717, 1.165) is 22.3 Å². The molecule has 0 saturated heterocycles. The largest absolute Gasteiger partial charge is 0.478 e. The Hall–Kier alpha value is -2.62. The predicted octanol–water partition coefficient (Wildman–Crippen LogP) is 2.90. The van der Waals surface area contributed by atoms with Gasteiger partial charge in [0.2, 0.25) is 5.91 Å². The molecular weight excluding hydrogens is 290 g/mol. The van der Waals surface area contributed by atoms with Gasteiger partial charge in [0.1, 0.15) is 0 Å². The Morgan fingerprint density at radius 3 is 2.61 bits per heavy atom. The second-order valence-corrected chi connectivity index (χ2v) is 5.71. The van der Waals surface area contributed by atoms with Gasteiger partial charge in [-0.05, 0) is 49.1 Å². The van der Waals surface area contributed by atoms with Crippen LogP contribution in [0.4, 0.5) is 0 Å². The molecule has 23 heavy (non-hydrogen) atoms. The van der Waals surface area contributed by atoms with Crippen LogP contribution in [0.1, 0.15) is 32.6 Å². The molecule has 2 N–H and O–H groups in total. The monoisotopic (exact) mass is 311 g/mol. The van der Waals surface area contributed by atoms with Crippen LogP contribution in [0.15, 0.2) is 42.5 Å². The second kappa shape index (κ2) is 7.58. The first-order chi connectivity index (χ1) is 11.0. The van der Waals surface area contributed by atoms with E-state index in [-0.39, 0.29) is 11.5 Å². The number of nitrogens with one attached hydrogen (secondary N) is 1. The zero-order valence-electron chi connectivity index (χ0n) is 13.4. The zero-order chi connectivity index (χ0) is 16.8. The topological polar surface area (TPSA) is 66.4 Å². The molecular formula is C19H21NO3. The number of hydrogen-bond donors (Lipinski definition) is 2. The van der Waals surface area contributed by atoms with Crippen molar-refractivity contribution in [1.29, 1.82) is 0 Å². The standard InChI is InChI=1S/C19H21NO3/c1-13-6-7-14(2)17(10-13)12-18(21)20-9-8-15-4-3-5-16(11-15)19(22)23/h3-7,10-11H,8-9,12H2,1-2H3,(H,20,21)(H,22,23). The average molecular weight is 311 g/mol. The van der Waals surface area contributed by atoms with Crippen molar-refractivity contribution in [3.05, 3.63) is 70.3 Å². The predicted molar refractivity (Wildman–Crippen MR) is 89.7 cm³/mol. The van der Waals surface area contributed by atoms with Crippen LogP contribution in [0.25, 0.3) is 0 Å². The summed E-state index contributed by atoms with van der Waals surface area (Å²) >= 11 is 0. The number of aromatic carboxylic acids is 1. The quantitative estimate of drug-likeness (QED) is 0.862. The Kier molecular flexibility index (Phi) is 5.52. The summed E-state index contributed by atoms with van der Waals surface area (Å²) in [6.45, 7) is 4.50. The number of carbonyl (C=O) groups is 2. The van der Waals surface area contributed by atoms with Gasteiger partial charge in [0, 0.05) is 6.54 Å². The molecule has 2 aromatic carbocycles. The smallest absolute Gasteiger partial charge is 0.335 e. The Morgan fingerprint density at radius 1 is 1.09 bits per heavy atom. The minimum atomic E-state index is -0.939. The molecule has 0 saturated carbocycles. The minimum absolute atomic E-state index is 0.0203. The highest BCUT2D eigenvalue weighted by Gasteiger charge is 2.07. The summed E-state index contributed by atoms with van der Waals surface area (Å²) < 4.78 is 0. The molecule has 1 amide bonds.